The van der Waals surface area contributed by atoms with Crippen LogP contribution >= 0.6 is 15.9 Å². The van der Waals surface area contributed by atoms with E-state index in [0.29, 0.717) is 0 Å². The van der Waals surface area contributed by atoms with E-state index in [2.05, 4.69) is 28.1 Å². The highest BCUT2D eigenvalue weighted by Crippen LogP contribution is 2.45. The first-order valence-corrected chi connectivity index (χ1v) is 5.24. The zero-order chi connectivity index (χ0) is 8.60. The molecule has 1 aliphatic carbocycles. The van der Waals surface area contributed by atoms with E-state index in [0.717, 1.165) is 23.7 Å². The summed E-state index contributed by atoms with van der Waals surface area (Å²) in [4.78, 5) is 0. The molecule has 1 aromatic carbocycles. The van der Waals surface area contributed by atoms with E-state index >= 15 is 0 Å². The SMILES string of the molecule is OC1(c2cccc(CBr)c2)CC1. The van der Waals surface area contributed by atoms with Gasteiger partial charge in [0.1, 0.15) is 0 Å². The first-order chi connectivity index (χ1) is 5.74. The van der Waals surface area contributed by atoms with Gasteiger partial charge in [0.15, 0.2) is 0 Å². The summed E-state index contributed by atoms with van der Waals surface area (Å²) in [5.41, 5.74) is 1.81. The Morgan fingerprint density at radius 1 is 1.42 bits per heavy atom. The van der Waals surface area contributed by atoms with Crippen molar-refractivity contribution in [2.24, 2.45) is 0 Å². The average Bonchev–Trinajstić information content (AvgIpc) is 2.85. The van der Waals surface area contributed by atoms with Crippen LogP contribution in [-0.4, -0.2) is 5.11 Å². The van der Waals surface area contributed by atoms with Crippen molar-refractivity contribution in [2.75, 3.05) is 0 Å². The molecular weight excluding hydrogens is 216 g/mol. The van der Waals surface area contributed by atoms with Gasteiger partial charge in [-0.1, -0.05) is 40.2 Å². The standard InChI is InChI=1S/C10H11BrO/c11-7-8-2-1-3-9(6-8)10(12)4-5-10/h1-3,6,12H,4-5,7H2. The van der Waals surface area contributed by atoms with E-state index < -0.39 is 5.60 Å². The van der Waals surface area contributed by atoms with Gasteiger partial charge in [-0.2, -0.15) is 0 Å². The van der Waals surface area contributed by atoms with Crippen molar-refractivity contribution < 1.29 is 5.11 Å². The normalized spacial score (nSPS) is 19.2. The zero-order valence-corrected chi connectivity index (χ0v) is 8.34. The van der Waals surface area contributed by atoms with Crippen LogP contribution in [0.2, 0.25) is 0 Å². The predicted molar refractivity (Wildman–Crippen MR) is 52.2 cm³/mol. The molecule has 1 aromatic rings. The lowest BCUT2D eigenvalue weighted by Gasteiger charge is -2.08. The first kappa shape index (κ1) is 8.27. The van der Waals surface area contributed by atoms with E-state index in [-0.39, 0.29) is 0 Å². The third-order valence-electron chi connectivity index (χ3n) is 2.34. The second-order valence-corrected chi connectivity index (χ2v) is 3.93. The van der Waals surface area contributed by atoms with Crippen LogP contribution in [0, 0.1) is 0 Å². The maximum atomic E-state index is 9.80. The number of hydrogen-bond acceptors (Lipinski definition) is 1. The summed E-state index contributed by atoms with van der Waals surface area (Å²) < 4.78 is 0. The maximum absolute atomic E-state index is 9.80. The highest BCUT2D eigenvalue weighted by molar-refractivity contribution is 9.08. The summed E-state index contributed by atoms with van der Waals surface area (Å²) in [6.07, 6.45) is 1.83. The molecule has 0 atom stereocenters. The van der Waals surface area contributed by atoms with E-state index in [1.807, 2.05) is 12.1 Å². The summed E-state index contributed by atoms with van der Waals surface area (Å²) in [5.74, 6) is 0. The number of hydrogen-bond donors (Lipinski definition) is 1. The van der Waals surface area contributed by atoms with Gasteiger partial charge >= 0.3 is 0 Å². The summed E-state index contributed by atoms with van der Waals surface area (Å²) in [6.45, 7) is 0. The fourth-order valence-electron chi connectivity index (χ4n) is 1.35. The summed E-state index contributed by atoms with van der Waals surface area (Å²) in [6, 6.07) is 8.13. The summed E-state index contributed by atoms with van der Waals surface area (Å²) in [5, 5.41) is 10.7. The Hall–Kier alpha value is -0.340. The molecule has 0 amide bonds. The Morgan fingerprint density at radius 2 is 2.17 bits per heavy atom. The molecule has 0 spiro atoms. The van der Waals surface area contributed by atoms with Crippen molar-refractivity contribution in [3.05, 3.63) is 35.4 Å². The van der Waals surface area contributed by atoms with Crippen molar-refractivity contribution in [1.82, 2.24) is 0 Å². The Bertz CT molecular complexity index is 292. The number of benzene rings is 1. The topological polar surface area (TPSA) is 20.2 Å². The van der Waals surface area contributed by atoms with Gasteiger partial charge in [-0.05, 0) is 24.0 Å². The number of alkyl halides is 1. The molecule has 64 valence electrons. The largest absolute Gasteiger partial charge is 0.385 e. The van der Waals surface area contributed by atoms with Crippen LogP contribution in [-0.2, 0) is 10.9 Å². The molecule has 0 radical (unpaired) electrons. The van der Waals surface area contributed by atoms with Crippen molar-refractivity contribution in [2.45, 2.75) is 23.8 Å². The number of halogens is 1. The van der Waals surface area contributed by atoms with Crippen LogP contribution in [0.15, 0.2) is 24.3 Å². The minimum atomic E-state index is -0.488. The molecule has 2 rings (SSSR count). The van der Waals surface area contributed by atoms with Crippen LogP contribution in [0.5, 0.6) is 0 Å². The van der Waals surface area contributed by atoms with Crippen LogP contribution in [0.1, 0.15) is 24.0 Å². The third kappa shape index (κ3) is 1.41. The van der Waals surface area contributed by atoms with E-state index in [1.165, 1.54) is 5.56 Å². The number of aliphatic hydroxyl groups is 1. The lowest BCUT2D eigenvalue weighted by atomic mass is 10.1. The maximum Gasteiger partial charge on any atom is 0.0899 e. The molecule has 0 aromatic heterocycles. The third-order valence-corrected chi connectivity index (χ3v) is 2.99. The molecule has 1 nitrogen and oxygen atoms in total. The van der Waals surface area contributed by atoms with Crippen molar-refractivity contribution in [3.63, 3.8) is 0 Å². The van der Waals surface area contributed by atoms with Crippen molar-refractivity contribution in [1.29, 1.82) is 0 Å². The molecule has 0 saturated heterocycles. The molecule has 0 heterocycles. The Morgan fingerprint density at radius 3 is 2.75 bits per heavy atom. The highest BCUT2D eigenvalue weighted by Gasteiger charge is 2.41. The van der Waals surface area contributed by atoms with Crippen molar-refractivity contribution >= 4 is 15.9 Å². The summed E-state index contributed by atoms with van der Waals surface area (Å²) >= 11 is 3.40. The second kappa shape index (κ2) is 2.86. The first-order valence-electron chi connectivity index (χ1n) is 4.12. The fraction of sp³-hybridized carbons (Fsp3) is 0.400. The Labute approximate surface area is 80.5 Å². The Kier molecular flexibility index (Phi) is 1.97. The van der Waals surface area contributed by atoms with Gasteiger partial charge in [0, 0.05) is 5.33 Å². The zero-order valence-electron chi connectivity index (χ0n) is 6.76. The Balaban J connectivity index is 2.32. The molecule has 0 aliphatic heterocycles. The minimum absolute atomic E-state index is 0.488. The minimum Gasteiger partial charge on any atom is -0.385 e. The van der Waals surface area contributed by atoms with Crippen molar-refractivity contribution in [3.8, 4) is 0 Å². The van der Waals surface area contributed by atoms with Gasteiger partial charge in [-0.15, -0.1) is 0 Å². The average molecular weight is 227 g/mol. The van der Waals surface area contributed by atoms with E-state index in [4.69, 9.17) is 0 Å². The fourth-order valence-corrected chi connectivity index (χ4v) is 1.70. The van der Waals surface area contributed by atoms with E-state index in [1.54, 1.807) is 0 Å². The molecule has 1 fully saturated rings. The van der Waals surface area contributed by atoms with Crippen LogP contribution in [0.4, 0.5) is 0 Å². The molecule has 1 aliphatic rings. The van der Waals surface area contributed by atoms with Gasteiger partial charge in [0.05, 0.1) is 5.60 Å². The summed E-state index contributed by atoms with van der Waals surface area (Å²) in [7, 11) is 0. The smallest absolute Gasteiger partial charge is 0.0899 e. The molecule has 2 heteroatoms. The van der Waals surface area contributed by atoms with Crippen LogP contribution in [0.3, 0.4) is 0 Å². The van der Waals surface area contributed by atoms with E-state index in [9.17, 15) is 5.11 Å². The number of rotatable bonds is 2. The monoisotopic (exact) mass is 226 g/mol. The molecule has 1 N–H and O–H groups in total. The lowest BCUT2D eigenvalue weighted by Crippen LogP contribution is -2.03. The lowest BCUT2D eigenvalue weighted by molar-refractivity contribution is 0.151. The van der Waals surface area contributed by atoms with Crippen LogP contribution < -0.4 is 0 Å². The van der Waals surface area contributed by atoms with Gasteiger partial charge in [-0.3, -0.25) is 0 Å². The van der Waals surface area contributed by atoms with Crippen LogP contribution in [0.25, 0.3) is 0 Å². The second-order valence-electron chi connectivity index (χ2n) is 3.37. The molecule has 1 saturated carbocycles. The highest BCUT2D eigenvalue weighted by atomic mass is 79.9. The predicted octanol–water partition coefficient (Wildman–Crippen LogP) is 2.56. The quantitative estimate of drug-likeness (QED) is 0.770. The van der Waals surface area contributed by atoms with Gasteiger partial charge in [0.2, 0.25) is 0 Å². The molecular formula is C10H11BrO. The van der Waals surface area contributed by atoms with Gasteiger partial charge in [-0.25, -0.2) is 0 Å². The molecule has 0 unspecified atom stereocenters. The van der Waals surface area contributed by atoms with Gasteiger partial charge in [0.25, 0.3) is 0 Å². The molecule has 12 heavy (non-hydrogen) atoms. The van der Waals surface area contributed by atoms with Gasteiger partial charge < -0.3 is 5.11 Å². The molecule has 0 bridgehead atoms.